The number of hydrogen-bond acceptors (Lipinski definition) is 8. The number of thiophene rings is 2. The standard InChI is InChI=1S/C22H20N6OS3/c1-14-7-8-17(15(2)11-14)28-22(23-25-26-28)32-13-21(29)27-18(20-6-4-10-31-20)12-16(24-27)19-5-3-9-30-19/h3-11,18H,12-13H2,1-2H3/t18-/m0/s1. The Kier molecular flexibility index (Phi) is 5.90. The summed E-state index contributed by atoms with van der Waals surface area (Å²) in [6.07, 6.45) is 0.720. The smallest absolute Gasteiger partial charge is 0.253 e. The number of tetrazole rings is 1. The largest absolute Gasteiger partial charge is 0.272 e. The van der Waals surface area contributed by atoms with Crippen LogP contribution in [0.5, 0.6) is 0 Å². The monoisotopic (exact) mass is 480 g/mol. The molecular weight excluding hydrogens is 460 g/mol. The van der Waals surface area contributed by atoms with E-state index in [1.54, 1.807) is 32.4 Å². The van der Waals surface area contributed by atoms with Gasteiger partial charge in [0.25, 0.3) is 5.91 Å². The van der Waals surface area contributed by atoms with Gasteiger partial charge in [-0.25, -0.2) is 5.01 Å². The maximum Gasteiger partial charge on any atom is 0.253 e. The molecule has 1 aliphatic rings. The van der Waals surface area contributed by atoms with Crippen LogP contribution in [0.3, 0.4) is 0 Å². The summed E-state index contributed by atoms with van der Waals surface area (Å²) in [4.78, 5) is 15.5. The zero-order valence-corrected chi connectivity index (χ0v) is 20.0. The molecule has 5 rings (SSSR count). The first-order valence-electron chi connectivity index (χ1n) is 10.1. The molecule has 0 spiro atoms. The van der Waals surface area contributed by atoms with Gasteiger partial charge in [-0.15, -0.1) is 27.8 Å². The third-order valence-electron chi connectivity index (χ3n) is 5.19. The van der Waals surface area contributed by atoms with Crippen LogP contribution in [0.15, 0.2) is 63.5 Å². The van der Waals surface area contributed by atoms with E-state index in [2.05, 4.69) is 40.6 Å². The lowest BCUT2D eigenvalue weighted by Crippen LogP contribution is -2.28. The number of aryl methyl sites for hydroxylation is 2. The van der Waals surface area contributed by atoms with Crippen LogP contribution >= 0.6 is 34.4 Å². The van der Waals surface area contributed by atoms with Gasteiger partial charge in [0, 0.05) is 11.3 Å². The van der Waals surface area contributed by atoms with Crippen molar-refractivity contribution in [2.45, 2.75) is 31.5 Å². The van der Waals surface area contributed by atoms with Crippen molar-refractivity contribution in [2.75, 3.05) is 5.75 Å². The highest BCUT2D eigenvalue weighted by Gasteiger charge is 2.34. The first-order chi connectivity index (χ1) is 15.6. The van der Waals surface area contributed by atoms with Crippen LogP contribution in [-0.4, -0.2) is 42.6 Å². The first-order valence-corrected chi connectivity index (χ1v) is 12.8. The van der Waals surface area contributed by atoms with Crippen LogP contribution in [0.1, 0.15) is 33.3 Å². The van der Waals surface area contributed by atoms with Crippen LogP contribution in [0, 0.1) is 13.8 Å². The van der Waals surface area contributed by atoms with E-state index >= 15 is 0 Å². The maximum atomic E-state index is 13.2. The lowest BCUT2D eigenvalue weighted by Gasteiger charge is -2.20. The van der Waals surface area contributed by atoms with Crippen molar-refractivity contribution >= 4 is 46.1 Å². The molecule has 4 aromatic rings. The fourth-order valence-electron chi connectivity index (χ4n) is 3.69. The molecule has 1 aliphatic heterocycles. The van der Waals surface area contributed by atoms with Crippen LogP contribution in [0.2, 0.25) is 0 Å². The summed E-state index contributed by atoms with van der Waals surface area (Å²) in [6.45, 7) is 4.08. The summed E-state index contributed by atoms with van der Waals surface area (Å²) in [6, 6.07) is 14.2. The summed E-state index contributed by atoms with van der Waals surface area (Å²) in [5, 5.41) is 23.1. The van der Waals surface area contributed by atoms with E-state index in [0.29, 0.717) is 5.16 Å². The zero-order valence-electron chi connectivity index (χ0n) is 17.5. The summed E-state index contributed by atoms with van der Waals surface area (Å²) in [5.41, 5.74) is 4.12. The highest BCUT2D eigenvalue weighted by molar-refractivity contribution is 7.99. The lowest BCUT2D eigenvalue weighted by atomic mass is 10.1. The van der Waals surface area contributed by atoms with Gasteiger partial charge >= 0.3 is 0 Å². The van der Waals surface area contributed by atoms with Gasteiger partial charge in [-0.3, -0.25) is 4.79 Å². The second-order valence-electron chi connectivity index (χ2n) is 7.45. The van der Waals surface area contributed by atoms with Crippen molar-refractivity contribution < 1.29 is 4.79 Å². The minimum absolute atomic E-state index is 0.0601. The molecule has 0 aliphatic carbocycles. The molecule has 4 heterocycles. The van der Waals surface area contributed by atoms with E-state index in [-0.39, 0.29) is 17.7 Å². The van der Waals surface area contributed by atoms with Crippen molar-refractivity contribution in [1.82, 2.24) is 25.2 Å². The molecular formula is C22H20N6OS3. The van der Waals surface area contributed by atoms with Crippen LogP contribution in [0.4, 0.5) is 0 Å². The lowest BCUT2D eigenvalue weighted by molar-refractivity contribution is -0.130. The van der Waals surface area contributed by atoms with Gasteiger partial charge in [-0.2, -0.15) is 9.78 Å². The molecule has 0 N–H and O–H groups in total. The van der Waals surface area contributed by atoms with Gasteiger partial charge in [0.1, 0.15) is 0 Å². The molecule has 32 heavy (non-hydrogen) atoms. The third kappa shape index (κ3) is 4.13. The summed E-state index contributed by atoms with van der Waals surface area (Å²) in [5.74, 6) is 0.143. The molecule has 7 nitrogen and oxygen atoms in total. The first kappa shape index (κ1) is 21.0. The van der Waals surface area contributed by atoms with Gasteiger partial charge in [-0.05, 0) is 58.8 Å². The highest BCUT2D eigenvalue weighted by Crippen LogP contribution is 2.36. The number of hydrazone groups is 1. The molecule has 0 saturated carbocycles. The fourth-order valence-corrected chi connectivity index (χ4v) is 5.96. The number of amides is 1. The number of rotatable bonds is 6. The van der Waals surface area contributed by atoms with Crippen LogP contribution in [-0.2, 0) is 4.79 Å². The summed E-state index contributed by atoms with van der Waals surface area (Å²) in [7, 11) is 0. The van der Waals surface area contributed by atoms with Gasteiger partial charge in [-0.1, -0.05) is 41.6 Å². The van der Waals surface area contributed by atoms with Crippen LogP contribution < -0.4 is 0 Å². The van der Waals surface area contributed by atoms with Crippen molar-refractivity contribution in [3.63, 3.8) is 0 Å². The molecule has 1 amide bonds. The summed E-state index contributed by atoms with van der Waals surface area (Å²) >= 11 is 4.62. The maximum absolute atomic E-state index is 13.2. The van der Waals surface area contributed by atoms with Gasteiger partial charge < -0.3 is 0 Å². The quantitative estimate of drug-likeness (QED) is 0.368. The predicted molar refractivity (Wildman–Crippen MR) is 129 cm³/mol. The number of hydrogen-bond donors (Lipinski definition) is 0. The Balaban J connectivity index is 1.36. The Morgan fingerprint density at radius 3 is 2.75 bits per heavy atom. The van der Waals surface area contributed by atoms with Gasteiger partial charge in [0.05, 0.1) is 28.1 Å². The molecule has 0 unspecified atom stereocenters. The minimum atomic E-state index is -0.0736. The number of nitrogens with zero attached hydrogens (tertiary/aromatic N) is 6. The molecule has 10 heteroatoms. The average Bonchev–Trinajstić information content (AvgIpc) is 3.58. The second-order valence-corrected chi connectivity index (χ2v) is 10.3. The zero-order chi connectivity index (χ0) is 22.1. The van der Waals surface area contributed by atoms with Crippen molar-refractivity contribution in [2.24, 2.45) is 5.10 Å². The van der Waals surface area contributed by atoms with Gasteiger partial charge in [0.2, 0.25) is 5.16 Å². The van der Waals surface area contributed by atoms with Gasteiger partial charge in [0.15, 0.2) is 0 Å². The van der Waals surface area contributed by atoms with E-state index in [0.717, 1.165) is 33.1 Å². The fraction of sp³-hybridized carbons (Fsp3) is 0.227. The SMILES string of the molecule is Cc1ccc(-n2nnnc2SCC(=O)N2N=C(c3cccs3)C[C@H]2c2cccs2)c(C)c1. The number of thioether (sulfide) groups is 1. The van der Waals surface area contributed by atoms with E-state index in [1.165, 1.54) is 17.3 Å². The van der Waals surface area contributed by atoms with E-state index in [9.17, 15) is 4.79 Å². The minimum Gasteiger partial charge on any atom is -0.272 e. The molecule has 0 radical (unpaired) electrons. The van der Waals surface area contributed by atoms with Crippen molar-refractivity contribution in [3.05, 3.63) is 74.1 Å². The van der Waals surface area contributed by atoms with E-state index < -0.39 is 0 Å². The number of benzene rings is 1. The molecule has 1 atom stereocenters. The molecule has 1 aromatic carbocycles. The number of aromatic nitrogens is 4. The Labute approximate surface area is 197 Å². The number of carbonyl (C=O) groups excluding carboxylic acids is 1. The van der Waals surface area contributed by atoms with E-state index in [4.69, 9.17) is 5.10 Å². The topological polar surface area (TPSA) is 76.3 Å². The average molecular weight is 481 g/mol. The second kappa shape index (κ2) is 8.97. The molecule has 0 saturated heterocycles. The molecule has 3 aromatic heterocycles. The predicted octanol–water partition coefficient (Wildman–Crippen LogP) is 4.87. The highest BCUT2D eigenvalue weighted by atomic mass is 32.2. The third-order valence-corrected chi connectivity index (χ3v) is 7.99. The summed E-state index contributed by atoms with van der Waals surface area (Å²) < 4.78 is 1.69. The molecule has 162 valence electrons. The van der Waals surface area contributed by atoms with Crippen molar-refractivity contribution in [1.29, 1.82) is 0 Å². The Bertz CT molecular complexity index is 1260. The number of carbonyl (C=O) groups is 1. The Hall–Kier alpha value is -2.82. The van der Waals surface area contributed by atoms with E-state index in [1.807, 2.05) is 41.9 Å². The van der Waals surface area contributed by atoms with Crippen LogP contribution in [0.25, 0.3) is 5.69 Å². The molecule has 0 fully saturated rings. The Morgan fingerprint density at radius 1 is 1.16 bits per heavy atom. The van der Waals surface area contributed by atoms with Crippen molar-refractivity contribution in [3.8, 4) is 5.69 Å². The Morgan fingerprint density at radius 2 is 2.00 bits per heavy atom. The molecule has 0 bridgehead atoms. The normalized spacial score (nSPS) is 15.9.